The monoisotopic (exact) mass is 498 g/mol. The maximum Gasteiger partial charge on any atom is 0.191 e. The zero-order valence-corrected chi connectivity index (χ0v) is 17.4. The molecule has 0 spiro atoms. The van der Waals surface area contributed by atoms with Crippen LogP contribution in [-0.2, 0) is 6.54 Å². The van der Waals surface area contributed by atoms with E-state index < -0.39 is 0 Å². The number of hydrogen-bond donors (Lipinski definition) is 2. The summed E-state index contributed by atoms with van der Waals surface area (Å²) in [6.07, 6.45) is 3.95. The van der Waals surface area contributed by atoms with Crippen LogP contribution in [0.5, 0.6) is 0 Å². The number of hydrogen-bond acceptors (Lipinski definition) is 2. The number of nitrogens with one attached hydrogen (secondary N) is 2. The molecule has 2 N–H and O–H groups in total. The number of aliphatic imine (C=N–C) groups is 1. The molecule has 0 unspecified atom stereocenters. The summed E-state index contributed by atoms with van der Waals surface area (Å²) >= 11 is 3.36. The van der Waals surface area contributed by atoms with Crippen LogP contribution in [0, 0.1) is 5.82 Å². The molecule has 0 amide bonds. The molecule has 1 fully saturated rings. The molecule has 1 saturated heterocycles. The average molecular weight is 499 g/mol. The average Bonchev–Trinajstić information content (AvgIpc) is 2.54. The highest BCUT2D eigenvalue weighted by Gasteiger charge is 2.09. The van der Waals surface area contributed by atoms with Gasteiger partial charge in [-0.3, -0.25) is 4.99 Å². The fraction of sp³-hybridized carbons (Fsp3) is 0.562. The topological polar surface area (TPSA) is 39.7 Å². The van der Waals surface area contributed by atoms with Crippen molar-refractivity contribution < 1.29 is 4.39 Å². The molecule has 1 aliphatic rings. The van der Waals surface area contributed by atoms with Crippen molar-refractivity contribution >= 4 is 45.9 Å². The molecule has 0 atom stereocenters. The fourth-order valence-electron chi connectivity index (χ4n) is 2.59. The minimum Gasteiger partial charge on any atom is -0.355 e. The van der Waals surface area contributed by atoms with Gasteiger partial charge in [0.25, 0.3) is 0 Å². The summed E-state index contributed by atoms with van der Waals surface area (Å²) in [5, 5.41) is 6.44. The number of halogens is 3. The van der Waals surface area contributed by atoms with E-state index in [0.717, 1.165) is 17.6 Å². The van der Waals surface area contributed by atoms with E-state index in [1.54, 1.807) is 19.2 Å². The molecule has 0 bridgehead atoms. The van der Waals surface area contributed by atoms with Crippen LogP contribution in [0.4, 0.5) is 4.39 Å². The number of likely N-dealkylation sites (tertiary alicyclic amines) is 1. The summed E-state index contributed by atoms with van der Waals surface area (Å²) in [5.74, 6) is 0.496. The third kappa shape index (κ3) is 7.34. The quantitative estimate of drug-likeness (QED) is 0.371. The van der Waals surface area contributed by atoms with Crippen molar-refractivity contribution in [3.63, 3.8) is 0 Å². The third-order valence-electron chi connectivity index (χ3n) is 3.85. The third-order valence-corrected chi connectivity index (χ3v) is 4.34. The zero-order chi connectivity index (χ0) is 15.8. The van der Waals surface area contributed by atoms with Crippen molar-refractivity contribution in [2.45, 2.75) is 25.8 Å². The lowest BCUT2D eigenvalue weighted by Crippen LogP contribution is -2.42. The molecule has 4 nitrogen and oxygen atoms in total. The van der Waals surface area contributed by atoms with Crippen LogP contribution in [-0.4, -0.2) is 44.1 Å². The highest BCUT2D eigenvalue weighted by Crippen LogP contribution is 2.15. The number of piperidine rings is 1. The van der Waals surface area contributed by atoms with Crippen LogP contribution in [0.1, 0.15) is 24.8 Å². The van der Waals surface area contributed by atoms with E-state index >= 15 is 0 Å². The summed E-state index contributed by atoms with van der Waals surface area (Å²) < 4.78 is 14.6. The predicted molar refractivity (Wildman–Crippen MR) is 108 cm³/mol. The molecule has 130 valence electrons. The summed E-state index contributed by atoms with van der Waals surface area (Å²) in [5.41, 5.74) is 0.619. The van der Waals surface area contributed by atoms with Crippen molar-refractivity contribution in [3.05, 3.63) is 34.1 Å². The molecular weight excluding hydrogens is 474 g/mol. The maximum absolute atomic E-state index is 13.7. The number of rotatable bonds is 5. The highest BCUT2D eigenvalue weighted by molar-refractivity contribution is 14.0. The normalized spacial score (nSPS) is 15.9. The molecule has 0 radical (unpaired) electrons. The van der Waals surface area contributed by atoms with E-state index in [9.17, 15) is 4.39 Å². The van der Waals surface area contributed by atoms with Gasteiger partial charge in [-0.25, -0.2) is 4.39 Å². The Morgan fingerprint density at radius 2 is 2.00 bits per heavy atom. The highest BCUT2D eigenvalue weighted by atomic mass is 127. The van der Waals surface area contributed by atoms with Gasteiger partial charge in [-0.05, 0) is 44.1 Å². The van der Waals surface area contributed by atoms with Gasteiger partial charge in [0.15, 0.2) is 5.96 Å². The zero-order valence-electron chi connectivity index (χ0n) is 13.4. The Morgan fingerprint density at radius 3 is 2.70 bits per heavy atom. The summed E-state index contributed by atoms with van der Waals surface area (Å²) in [6, 6.07) is 4.95. The van der Waals surface area contributed by atoms with Crippen molar-refractivity contribution in [2.75, 3.05) is 33.2 Å². The van der Waals surface area contributed by atoms with Crippen LogP contribution in [0.2, 0.25) is 0 Å². The molecule has 0 saturated carbocycles. The Balaban J connectivity index is 0.00000264. The summed E-state index contributed by atoms with van der Waals surface area (Å²) in [4.78, 5) is 6.65. The van der Waals surface area contributed by atoms with Crippen LogP contribution >= 0.6 is 39.9 Å². The van der Waals surface area contributed by atoms with E-state index in [4.69, 9.17) is 0 Å². The fourth-order valence-corrected chi connectivity index (χ4v) is 3.00. The molecule has 2 rings (SSSR count). The van der Waals surface area contributed by atoms with Gasteiger partial charge in [-0.15, -0.1) is 24.0 Å². The first kappa shape index (κ1) is 20.6. The second-order valence-electron chi connectivity index (χ2n) is 5.49. The van der Waals surface area contributed by atoms with Gasteiger partial charge < -0.3 is 15.5 Å². The maximum atomic E-state index is 13.7. The van der Waals surface area contributed by atoms with Crippen molar-refractivity contribution in [3.8, 4) is 0 Å². The molecule has 7 heteroatoms. The van der Waals surface area contributed by atoms with Gasteiger partial charge in [-0.1, -0.05) is 22.4 Å². The SMILES string of the molecule is CN=C(NCCN1CCCCC1)NCc1cc(Br)ccc1F.I. The van der Waals surface area contributed by atoms with E-state index in [1.807, 2.05) is 0 Å². The standard InChI is InChI=1S/C16H24BrFN4.HI/c1-19-16(20-7-10-22-8-3-2-4-9-22)21-12-13-11-14(17)5-6-15(13)18;/h5-6,11H,2-4,7-10,12H2,1H3,(H2,19,20,21);1H. The van der Waals surface area contributed by atoms with Crippen molar-refractivity contribution in [1.82, 2.24) is 15.5 Å². The van der Waals surface area contributed by atoms with E-state index in [-0.39, 0.29) is 29.8 Å². The Hall–Kier alpha value is -0.410. The molecule has 0 aromatic heterocycles. The first-order valence-corrected chi connectivity index (χ1v) is 8.59. The lowest BCUT2D eigenvalue weighted by molar-refractivity contribution is 0.232. The van der Waals surface area contributed by atoms with Gasteiger partial charge in [-0.2, -0.15) is 0 Å². The molecule has 1 heterocycles. The molecule has 1 aromatic rings. The van der Waals surface area contributed by atoms with Gasteiger partial charge in [0, 0.05) is 36.7 Å². The van der Waals surface area contributed by atoms with Crippen LogP contribution in [0.25, 0.3) is 0 Å². The Kier molecular flexibility index (Phi) is 10.0. The number of guanidine groups is 1. The molecule has 0 aliphatic carbocycles. The van der Waals surface area contributed by atoms with Crippen LogP contribution < -0.4 is 10.6 Å². The van der Waals surface area contributed by atoms with E-state index in [2.05, 4.69) is 36.5 Å². The molecule has 1 aliphatic heterocycles. The molecular formula is C16H25BrFIN4. The molecule has 23 heavy (non-hydrogen) atoms. The van der Waals surface area contributed by atoms with Gasteiger partial charge in [0.05, 0.1) is 0 Å². The number of benzene rings is 1. The largest absolute Gasteiger partial charge is 0.355 e. The Morgan fingerprint density at radius 1 is 1.26 bits per heavy atom. The van der Waals surface area contributed by atoms with Crippen molar-refractivity contribution in [2.24, 2.45) is 4.99 Å². The summed E-state index contributed by atoms with van der Waals surface area (Å²) in [6.45, 7) is 4.66. The summed E-state index contributed by atoms with van der Waals surface area (Å²) in [7, 11) is 1.73. The van der Waals surface area contributed by atoms with Gasteiger partial charge in [0.2, 0.25) is 0 Å². The second kappa shape index (κ2) is 11.2. The van der Waals surface area contributed by atoms with Crippen molar-refractivity contribution in [1.29, 1.82) is 0 Å². The predicted octanol–water partition coefficient (Wildman–Crippen LogP) is 3.36. The Bertz CT molecular complexity index is 507. The van der Waals surface area contributed by atoms with Crippen LogP contribution in [0.15, 0.2) is 27.7 Å². The Labute approximate surface area is 163 Å². The van der Waals surface area contributed by atoms with E-state index in [1.165, 1.54) is 38.4 Å². The van der Waals surface area contributed by atoms with E-state index in [0.29, 0.717) is 18.1 Å². The second-order valence-corrected chi connectivity index (χ2v) is 6.41. The first-order valence-electron chi connectivity index (χ1n) is 7.80. The lowest BCUT2D eigenvalue weighted by atomic mass is 10.1. The van der Waals surface area contributed by atoms with Gasteiger partial charge >= 0.3 is 0 Å². The minimum atomic E-state index is -0.209. The minimum absolute atomic E-state index is 0. The number of nitrogens with zero attached hydrogens (tertiary/aromatic N) is 2. The molecule has 1 aromatic carbocycles. The van der Waals surface area contributed by atoms with Gasteiger partial charge in [0.1, 0.15) is 5.82 Å². The lowest BCUT2D eigenvalue weighted by Gasteiger charge is -2.26. The smallest absolute Gasteiger partial charge is 0.191 e. The van der Waals surface area contributed by atoms with Crippen LogP contribution in [0.3, 0.4) is 0 Å². The first-order chi connectivity index (χ1) is 10.7.